The fourth-order valence-corrected chi connectivity index (χ4v) is 2.59. The molecule has 1 aromatic heterocycles. The van der Waals surface area contributed by atoms with Gasteiger partial charge < -0.3 is 9.32 Å². The zero-order valence-electron chi connectivity index (χ0n) is 12.7. The van der Waals surface area contributed by atoms with E-state index in [1.807, 2.05) is 12.1 Å². The highest BCUT2D eigenvalue weighted by Crippen LogP contribution is 2.19. The minimum absolute atomic E-state index is 0.609. The Balaban J connectivity index is 1.62. The van der Waals surface area contributed by atoms with Crippen molar-refractivity contribution in [3.63, 3.8) is 0 Å². The van der Waals surface area contributed by atoms with Gasteiger partial charge in [-0.3, -0.25) is 4.90 Å². The number of benzene rings is 1. The van der Waals surface area contributed by atoms with Gasteiger partial charge in [0.2, 0.25) is 11.8 Å². The first kappa shape index (κ1) is 14.2. The maximum Gasteiger partial charge on any atom is 0.247 e. The molecule has 1 aromatic carbocycles. The Labute approximate surface area is 125 Å². The second kappa shape index (κ2) is 6.37. The van der Waals surface area contributed by atoms with Crippen LogP contribution in [-0.2, 0) is 6.54 Å². The lowest BCUT2D eigenvalue weighted by atomic mass is 10.1. The number of aromatic nitrogens is 2. The molecule has 1 saturated heterocycles. The van der Waals surface area contributed by atoms with Crippen LogP contribution in [0.15, 0.2) is 28.7 Å². The third kappa shape index (κ3) is 3.49. The first-order chi connectivity index (χ1) is 10.2. The van der Waals surface area contributed by atoms with Crippen molar-refractivity contribution < 1.29 is 4.42 Å². The second-order valence-corrected chi connectivity index (χ2v) is 5.58. The van der Waals surface area contributed by atoms with Gasteiger partial charge in [-0.05, 0) is 25.6 Å². The Bertz CT molecular complexity index is 570. The minimum atomic E-state index is 0.609. The predicted octanol–water partition coefficient (Wildman–Crippen LogP) is 2.18. The molecule has 0 N–H and O–H groups in total. The molecule has 5 nitrogen and oxygen atoms in total. The Kier molecular flexibility index (Phi) is 4.31. The number of hydrogen-bond donors (Lipinski definition) is 0. The molecule has 2 heterocycles. The SMILES string of the molecule is CCN1CCN(Cc2nnc(-c3ccc(C)cc3)o2)CC1. The molecular weight excluding hydrogens is 264 g/mol. The third-order valence-corrected chi connectivity index (χ3v) is 4.04. The van der Waals surface area contributed by atoms with Crippen molar-refractivity contribution in [1.29, 1.82) is 0 Å². The van der Waals surface area contributed by atoms with Gasteiger partial charge in [-0.15, -0.1) is 10.2 Å². The highest BCUT2D eigenvalue weighted by molar-refractivity contribution is 5.52. The summed E-state index contributed by atoms with van der Waals surface area (Å²) in [6, 6.07) is 8.16. The molecule has 0 atom stereocenters. The van der Waals surface area contributed by atoms with Crippen molar-refractivity contribution in [2.24, 2.45) is 0 Å². The molecule has 0 bridgehead atoms. The average Bonchev–Trinajstić information content (AvgIpc) is 2.97. The summed E-state index contributed by atoms with van der Waals surface area (Å²) >= 11 is 0. The predicted molar refractivity (Wildman–Crippen MR) is 81.9 cm³/mol. The van der Waals surface area contributed by atoms with E-state index in [2.05, 4.69) is 46.0 Å². The van der Waals surface area contributed by atoms with Gasteiger partial charge in [0.25, 0.3) is 0 Å². The van der Waals surface area contributed by atoms with E-state index >= 15 is 0 Å². The summed E-state index contributed by atoms with van der Waals surface area (Å²) in [6.45, 7) is 10.5. The molecule has 1 aliphatic heterocycles. The highest BCUT2D eigenvalue weighted by atomic mass is 16.4. The lowest BCUT2D eigenvalue weighted by molar-refractivity contribution is 0.124. The van der Waals surface area contributed by atoms with Gasteiger partial charge in [0, 0.05) is 31.7 Å². The van der Waals surface area contributed by atoms with Crippen molar-refractivity contribution in [3.8, 4) is 11.5 Å². The lowest BCUT2D eigenvalue weighted by Crippen LogP contribution is -2.45. The molecule has 0 amide bonds. The van der Waals surface area contributed by atoms with Gasteiger partial charge in [-0.2, -0.15) is 0 Å². The quantitative estimate of drug-likeness (QED) is 0.862. The van der Waals surface area contributed by atoms with Crippen molar-refractivity contribution in [2.75, 3.05) is 32.7 Å². The van der Waals surface area contributed by atoms with Gasteiger partial charge in [-0.1, -0.05) is 24.6 Å². The molecule has 2 aromatic rings. The van der Waals surface area contributed by atoms with E-state index in [1.165, 1.54) is 5.56 Å². The van der Waals surface area contributed by atoms with Crippen LogP contribution in [-0.4, -0.2) is 52.7 Å². The maximum atomic E-state index is 5.79. The average molecular weight is 286 g/mol. The molecule has 3 rings (SSSR count). The molecule has 0 spiro atoms. The van der Waals surface area contributed by atoms with Gasteiger partial charge in [-0.25, -0.2) is 0 Å². The lowest BCUT2D eigenvalue weighted by Gasteiger charge is -2.33. The summed E-state index contributed by atoms with van der Waals surface area (Å²) in [7, 11) is 0. The normalized spacial score (nSPS) is 17.2. The topological polar surface area (TPSA) is 45.4 Å². The first-order valence-corrected chi connectivity index (χ1v) is 7.58. The van der Waals surface area contributed by atoms with E-state index in [9.17, 15) is 0 Å². The number of nitrogens with zero attached hydrogens (tertiary/aromatic N) is 4. The summed E-state index contributed by atoms with van der Waals surface area (Å²) in [5.41, 5.74) is 2.21. The van der Waals surface area contributed by atoms with Gasteiger partial charge >= 0.3 is 0 Å². The van der Waals surface area contributed by atoms with Crippen LogP contribution in [0.1, 0.15) is 18.4 Å². The van der Waals surface area contributed by atoms with Crippen LogP contribution in [0.4, 0.5) is 0 Å². The number of likely N-dealkylation sites (N-methyl/N-ethyl adjacent to an activating group) is 1. The zero-order chi connectivity index (χ0) is 14.7. The van der Waals surface area contributed by atoms with E-state index in [4.69, 9.17) is 4.42 Å². The Morgan fingerprint density at radius 3 is 2.33 bits per heavy atom. The smallest absolute Gasteiger partial charge is 0.247 e. The largest absolute Gasteiger partial charge is 0.419 e. The summed E-state index contributed by atoms with van der Waals surface area (Å²) in [5, 5.41) is 8.34. The van der Waals surface area contributed by atoms with Crippen LogP contribution in [0.5, 0.6) is 0 Å². The van der Waals surface area contributed by atoms with Crippen LogP contribution >= 0.6 is 0 Å². The highest BCUT2D eigenvalue weighted by Gasteiger charge is 2.18. The first-order valence-electron chi connectivity index (χ1n) is 7.58. The zero-order valence-corrected chi connectivity index (χ0v) is 12.7. The summed E-state index contributed by atoms with van der Waals surface area (Å²) in [5.74, 6) is 1.31. The van der Waals surface area contributed by atoms with Gasteiger partial charge in [0.1, 0.15) is 0 Å². The number of hydrogen-bond acceptors (Lipinski definition) is 5. The second-order valence-electron chi connectivity index (χ2n) is 5.58. The van der Waals surface area contributed by atoms with E-state index in [1.54, 1.807) is 0 Å². The summed E-state index contributed by atoms with van der Waals surface area (Å²) in [6.07, 6.45) is 0. The van der Waals surface area contributed by atoms with E-state index < -0.39 is 0 Å². The van der Waals surface area contributed by atoms with Gasteiger partial charge in [0.05, 0.1) is 6.54 Å². The summed E-state index contributed by atoms with van der Waals surface area (Å²) in [4.78, 5) is 4.83. The summed E-state index contributed by atoms with van der Waals surface area (Å²) < 4.78 is 5.79. The van der Waals surface area contributed by atoms with E-state index in [0.29, 0.717) is 11.8 Å². The molecule has 0 unspecified atom stereocenters. The Morgan fingerprint density at radius 1 is 1.00 bits per heavy atom. The van der Waals surface area contributed by atoms with Crippen LogP contribution in [0.25, 0.3) is 11.5 Å². The molecule has 112 valence electrons. The molecular formula is C16H22N4O. The molecule has 1 fully saturated rings. The van der Waals surface area contributed by atoms with Crippen LogP contribution < -0.4 is 0 Å². The number of aryl methyl sites for hydroxylation is 1. The Hall–Kier alpha value is -1.72. The van der Waals surface area contributed by atoms with E-state index in [0.717, 1.165) is 44.8 Å². The molecule has 0 aliphatic carbocycles. The Morgan fingerprint density at radius 2 is 1.67 bits per heavy atom. The fourth-order valence-electron chi connectivity index (χ4n) is 2.59. The standard InChI is InChI=1S/C16H22N4O/c1-3-19-8-10-20(11-9-19)12-15-17-18-16(21-15)14-6-4-13(2)5-7-14/h4-7H,3,8-12H2,1-2H3. The number of piperazine rings is 1. The van der Waals surface area contributed by atoms with Crippen LogP contribution in [0.3, 0.4) is 0 Å². The van der Waals surface area contributed by atoms with E-state index in [-0.39, 0.29) is 0 Å². The molecule has 21 heavy (non-hydrogen) atoms. The fraction of sp³-hybridized carbons (Fsp3) is 0.500. The monoisotopic (exact) mass is 286 g/mol. The van der Waals surface area contributed by atoms with Crippen molar-refractivity contribution in [2.45, 2.75) is 20.4 Å². The van der Waals surface area contributed by atoms with Crippen molar-refractivity contribution >= 4 is 0 Å². The van der Waals surface area contributed by atoms with Crippen LogP contribution in [0.2, 0.25) is 0 Å². The van der Waals surface area contributed by atoms with Gasteiger partial charge in [0.15, 0.2) is 0 Å². The van der Waals surface area contributed by atoms with Crippen molar-refractivity contribution in [1.82, 2.24) is 20.0 Å². The number of rotatable bonds is 4. The molecule has 5 heteroatoms. The maximum absolute atomic E-state index is 5.79. The minimum Gasteiger partial charge on any atom is -0.419 e. The van der Waals surface area contributed by atoms with Crippen molar-refractivity contribution in [3.05, 3.63) is 35.7 Å². The van der Waals surface area contributed by atoms with Crippen LogP contribution in [0, 0.1) is 6.92 Å². The molecule has 0 saturated carbocycles. The molecule has 1 aliphatic rings. The third-order valence-electron chi connectivity index (χ3n) is 4.04. The molecule has 0 radical (unpaired) electrons.